The number of piperidine rings is 1. The average molecular weight is 290 g/mol. The molecule has 1 fully saturated rings. The summed E-state index contributed by atoms with van der Waals surface area (Å²) in [6.45, 7) is 1.10. The highest BCUT2D eigenvalue weighted by Crippen LogP contribution is 2.32. The van der Waals surface area contributed by atoms with Crippen molar-refractivity contribution in [3.8, 4) is 5.69 Å². The first-order valence-electron chi connectivity index (χ1n) is 6.60. The minimum atomic E-state index is -0.447. The highest BCUT2D eigenvalue weighted by atomic mass is 16.6. The number of tetrazole rings is 1. The molecule has 9 heteroatoms. The van der Waals surface area contributed by atoms with Crippen LogP contribution in [0.25, 0.3) is 5.69 Å². The molecular formula is C12H14N6O3. The molecule has 2 heterocycles. The van der Waals surface area contributed by atoms with Gasteiger partial charge in [-0.2, -0.15) is 0 Å². The SMILES string of the molecule is O=[N+]([O-])c1cc(-n2cnnn2)ccc1N1CCC[C@H](O)C1. The first-order chi connectivity index (χ1) is 10.1. The number of aromatic nitrogens is 4. The van der Waals surface area contributed by atoms with E-state index in [1.54, 1.807) is 12.1 Å². The van der Waals surface area contributed by atoms with Crippen molar-refractivity contribution in [1.29, 1.82) is 0 Å². The molecule has 1 aliphatic rings. The maximum absolute atomic E-state index is 11.3. The zero-order chi connectivity index (χ0) is 14.8. The number of hydrogen-bond donors (Lipinski definition) is 1. The van der Waals surface area contributed by atoms with Crippen molar-refractivity contribution in [3.05, 3.63) is 34.6 Å². The molecule has 9 nitrogen and oxygen atoms in total. The molecule has 0 unspecified atom stereocenters. The summed E-state index contributed by atoms with van der Waals surface area (Å²) in [4.78, 5) is 12.7. The van der Waals surface area contributed by atoms with Crippen LogP contribution in [0.4, 0.5) is 11.4 Å². The molecule has 0 amide bonds. The molecule has 1 atom stereocenters. The summed E-state index contributed by atoms with van der Waals surface area (Å²) in [5, 5.41) is 31.8. The summed E-state index contributed by atoms with van der Waals surface area (Å²) in [6, 6.07) is 4.83. The van der Waals surface area contributed by atoms with Crippen molar-refractivity contribution in [2.45, 2.75) is 18.9 Å². The summed E-state index contributed by atoms with van der Waals surface area (Å²) in [5.74, 6) is 0. The average Bonchev–Trinajstić information content (AvgIpc) is 3.01. The minimum absolute atomic E-state index is 0.0166. The fraction of sp³-hybridized carbons (Fsp3) is 0.417. The van der Waals surface area contributed by atoms with E-state index in [4.69, 9.17) is 0 Å². The van der Waals surface area contributed by atoms with E-state index in [2.05, 4.69) is 15.5 Å². The zero-order valence-electron chi connectivity index (χ0n) is 11.2. The lowest BCUT2D eigenvalue weighted by Crippen LogP contribution is -2.38. The summed E-state index contributed by atoms with van der Waals surface area (Å²) >= 11 is 0. The second-order valence-electron chi connectivity index (χ2n) is 4.93. The van der Waals surface area contributed by atoms with Crippen LogP contribution in [0.1, 0.15) is 12.8 Å². The van der Waals surface area contributed by atoms with Crippen LogP contribution < -0.4 is 4.90 Å². The number of β-amino-alcohol motifs (C(OH)–C–C–N with tert-alkyl or cyclic N) is 1. The Kier molecular flexibility index (Phi) is 3.48. The highest BCUT2D eigenvalue weighted by molar-refractivity contribution is 5.66. The van der Waals surface area contributed by atoms with Gasteiger partial charge in [0.05, 0.1) is 16.7 Å². The third-order valence-electron chi connectivity index (χ3n) is 3.51. The monoisotopic (exact) mass is 290 g/mol. The normalized spacial score (nSPS) is 18.7. The minimum Gasteiger partial charge on any atom is -0.391 e. The Labute approximate surface area is 119 Å². The van der Waals surface area contributed by atoms with Gasteiger partial charge in [0.25, 0.3) is 5.69 Å². The fourth-order valence-corrected chi connectivity index (χ4v) is 2.52. The van der Waals surface area contributed by atoms with E-state index < -0.39 is 11.0 Å². The van der Waals surface area contributed by atoms with Gasteiger partial charge in [-0.25, -0.2) is 4.68 Å². The van der Waals surface area contributed by atoms with Crippen LogP contribution >= 0.6 is 0 Å². The third kappa shape index (κ3) is 2.68. The van der Waals surface area contributed by atoms with Crippen LogP contribution in [-0.2, 0) is 0 Å². The molecule has 110 valence electrons. The highest BCUT2D eigenvalue weighted by Gasteiger charge is 2.25. The summed E-state index contributed by atoms with van der Waals surface area (Å²) in [7, 11) is 0. The first kappa shape index (κ1) is 13.4. The van der Waals surface area contributed by atoms with Crippen LogP contribution in [0.5, 0.6) is 0 Å². The Balaban J connectivity index is 1.98. The summed E-state index contributed by atoms with van der Waals surface area (Å²) in [5.41, 5.74) is 1.01. The Morgan fingerprint density at radius 3 is 2.95 bits per heavy atom. The first-order valence-corrected chi connectivity index (χ1v) is 6.60. The van der Waals surface area contributed by atoms with Crippen molar-refractivity contribution < 1.29 is 10.0 Å². The van der Waals surface area contributed by atoms with Crippen LogP contribution in [0.3, 0.4) is 0 Å². The second-order valence-corrected chi connectivity index (χ2v) is 4.93. The maximum Gasteiger partial charge on any atom is 0.294 e. The lowest BCUT2D eigenvalue weighted by atomic mass is 10.1. The molecule has 1 N–H and O–H groups in total. The molecule has 1 aliphatic heterocycles. The van der Waals surface area contributed by atoms with Crippen LogP contribution in [0, 0.1) is 10.1 Å². The van der Waals surface area contributed by atoms with Gasteiger partial charge in [-0.05, 0) is 35.4 Å². The lowest BCUT2D eigenvalue weighted by molar-refractivity contribution is -0.384. The van der Waals surface area contributed by atoms with E-state index in [0.717, 1.165) is 12.8 Å². The van der Waals surface area contributed by atoms with E-state index in [0.29, 0.717) is 24.5 Å². The Bertz CT molecular complexity index is 644. The van der Waals surface area contributed by atoms with E-state index in [1.165, 1.54) is 17.1 Å². The van der Waals surface area contributed by atoms with Crippen molar-refractivity contribution in [3.63, 3.8) is 0 Å². The number of rotatable bonds is 3. The van der Waals surface area contributed by atoms with E-state index in [9.17, 15) is 15.2 Å². The largest absolute Gasteiger partial charge is 0.391 e. The van der Waals surface area contributed by atoms with Crippen molar-refractivity contribution in [2.24, 2.45) is 0 Å². The Morgan fingerprint density at radius 1 is 1.43 bits per heavy atom. The number of aliphatic hydroxyl groups is 1. The lowest BCUT2D eigenvalue weighted by Gasteiger charge is -2.31. The summed E-state index contributed by atoms with van der Waals surface area (Å²) < 4.78 is 1.36. The Hall–Kier alpha value is -2.55. The van der Waals surface area contributed by atoms with E-state index in [-0.39, 0.29) is 5.69 Å². The predicted octanol–water partition coefficient (Wildman–Crippen LogP) is 0.532. The van der Waals surface area contributed by atoms with E-state index in [1.807, 2.05) is 4.90 Å². The smallest absolute Gasteiger partial charge is 0.294 e. The molecule has 0 bridgehead atoms. The third-order valence-corrected chi connectivity index (χ3v) is 3.51. The van der Waals surface area contributed by atoms with Gasteiger partial charge in [0, 0.05) is 19.2 Å². The summed E-state index contributed by atoms with van der Waals surface area (Å²) in [6.07, 6.45) is 2.47. The quantitative estimate of drug-likeness (QED) is 0.648. The maximum atomic E-state index is 11.3. The van der Waals surface area contributed by atoms with Gasteiger partial charge in [-0.3, -0.25) is 10.1 Å². The molecule has 3 rings (SSSR count). The molecule has 0 aliphatic carbocycles. The topological polar surface area (TPSA) is 110 Å². The molecule has 1 saturated heterocycles. The van der Waals surface area contributed by atoms with Crippen molar-refractivity contribution in [1.82, 2.24) is 20.2 Å². The number of hydrogen-bond acceptors (Lipinski definition) is 7. The van der Waals surface area contributed by atoms with Gasteiger partial charge in [0.15, 0.2) is 0 Å². The molecule has 0 spiro atoms. The van der Waals surface area contributed by atoms with Gasteiger partial charge in [0.2, 0.25) is 0 Å². The fourth-order valence-electron chi connectivity index (χ4n) is 2.52. The number of nitro benzene ring substituents is 1. The molecule has 21 heavy (non-hydrogen) atoms. The predicted molar refractivity (Wildman–Crippen MR) is 73.3 cm³/mol. The van der Waals surface area contributed by atoms with Crippen LogP contribution in [0.2, 0.25) is 0 Å². The molecular weight excluding hydrogens is 276 g/mol. The zero-order valence-corrected chi connectivity index (χ0v) is 11.2. The molecule has 0 radical (unpaired) electrons. The number of anilines is 1. The van der Waals surface area contributed by atoms with E-state index >= 15 is 0 Å². The van der Waals surface area contributed by atoms with Crippen LogP contribution in [0.15, 0.2) is 24.5 Å². The molecule has 0 saturated carbocycles. The van der Waals surface area contributed by atoms with Crippen LogP contribution in [-0.4, -0.2) is 49.4 Å². The van der Waals surface area contributed by atoms with Crippen molar-refractivity contribution >= 4 is 11.4 Å². The number of aliphatic hydroxyl groups excluding tert-OH is 1. The van der Waals surface area contributed by atoms with Crippen molar-refractivity contribution in [2.75, 3.05) is 18.0 Å². The molecule has 2 aromatic rings. The number of nitrogens with zero attached hydrogens (tertiary/aromatic N) is 6. The number of benzene rings is 1. The molecule has 1 aromatic carbocycles. The van der Waals surface area contributed by atoms with Gasteiger partial charge in [-0.1, -0.05) is 0 Å². The number of nitro groups is 1. The van der Waals surface area contributed by atoms with Gasteiger partial charge in [-0.15, -0.1) is 5.10 Å². The standard InChI is InChI=1S/C12H14N6O3/c19-10-2-1-5-16(7-10)11-4-3-9(6-12(11)18(20)21)17-8-13-14-15-17/h3-4,6,8,10,19H,1-2,5,7H2/t10-/m0/s1. The Morgan fingerprint density at radius 2 is 2.29 bits per heavy atom. The van der Waals surface area contributed by atoms with Gasteiger partial charge >= 0.3 is 0 Å². The second kappa shape index (κ2) is 5.44. The van der Waals surface area contributed by atoms with Gasteiger partial charge < -0.3 is 10.0 Å². The molecule has 1 aromatic heterocycles. The van der Waals surface area contributed by atoms with Gasteiger partial charge in [0.1, 0.15) is 12.0 Å².